The van der Waals surface area contributed by atoms with E-state index in [4.69, 9.17) is 0 Å². The Bertz CT molecular complexity index is 426. The van der Waals surface area contributed by atoms with E-state index >= 15 is 0 Å². The summed E-state index contributed by atoms with van der Waals surface area (Å²) in [6.45, 7) is 16.0. The molecule has 0 spiro atoms. The Balaban J connectivity index is 2.66. The third-order valence-corrected chi connectivity index (χ3v) is 5.12. The van der Waals surface area contributed by atoms with Gasteiger partial charge in [0.1, 0.15) is 6.54 Å². The molecule has 0 heterocycles. The van der Waals surface area contributed by atoms with Gasteiger partial charge in [-0.25, -0.2) is 0 Å². The van der Waals surface area contributed by atoms with Gasteiger partial charge in [0.15, 0.2) is 0 Å². The van der Waals surface area contributed by atoms with Crippen LogP contribution in [-0.4, -0.2) is 24.1 Å². The average Bonchev–Trinajstić information content (AvgIpc) is 2.59. The van der Waals surface area contributed by atoms with Crippen molar-refractivity contribution in [1.29, 1.82) is 0 Å². The topological polar surface area (TPSA) is 0 Å². The molecule has 136 valence electrons. The zero-order valence-corrected chi connectivity index (χ0v) is 16.5. The maximum atomic E-state index is 3.86. The zero-order chi connectivity index (χ0) is 17.7. The van der Waals surface area contributed by atoms with E-state index in [9.17, 15) is 0 Å². The highest BCUT2D eigenvalue weighted by Gasteiger charge is 2.25. The molecule has 1 rings (SSSR count). The molecule has 0 atom stereocenters. The van der Waals surface area contributed by atoms with Crippen LogP contribution < -0.4 is 0 Å². The number of nitrogens with zero attached hydrogens (tertiary/aromatic N) is 1. The lowest BCUT2D eigenvalue weighted by molar-refractivity contribution is -0.941. The highest BCUT2D eigenvalue weighted by atomic mass is 15.3. The first kappa shape index (κ1) is 21.0. The van der Waals surface area contributed by atoms with Crippen LogP contribution >= 0.6 is 0 Å². The van der Waals surface area contributed by atoms with Gasteiger partial charge in [-0.3, -0.25) is 0 Å². The first-order valence-electron chi connectivity index (χ1n) is 10.3. The van der Waals surface area contributed by atoms with E-state index in [1.54, 1.807) is 0 Å². The number of hydrogen-bond acceptors (Lipinski definition) is 0. The summed E-state index contributed by atoms with van der Waals surface area (Å²) in [6, 6.07) is 9.02. The van der Waals surface area contributed by atoms with Crippen molar-refractivity contribution in [2.24, 2.45) is 0 Å². The monoisotopic (exact) mass is 330 g/mol. The molecule has 0 amide bonds. The largest absolute Gasteiger partial charge is 0.320 e. The molecule has 0 aliphatic carbocycles. The SMILES string of the molecule is C=Cc1ccc(C[N+](CCC)(CCC)CCCCCCCC)cc1. The van der Waals surface area contributed by atoms with Gasteiger partial charge in [0.2, 0.25) is 0 Å². The second-order valence-electron chi connectivity index (χ2n) is 7.38. The fraction of sp³-hybridized carbons (Fsp3) is 0.652. The molecular formula is C23H40N+. The van der Waals surface area contributed by atoms with Gasteiger partial charge in [-0.2, -0.15) is 0 Å². The predicted octanol–water partition coefficient (Wildman–Crippen LogP) is 6.83. The zero-order valence-electron chi connectivity index (χ0n) is 16.5. The molecule has 1 heteroatoms. The summed E-state index contributed by atoms with van der Waals surface area (Å²) >= 11 is 0. The summed E-state index contributed by atoms with van der Waals surface area (Å²) in [5.41, 5.74) is 2.70. The quantitative estimate of drug-likeness (QED) is 0.259. The summed E-state index contributed by atoms with van der Waals surface area (Å²) < 4.78 is 1.27. The van der Waals surface area contributed by atoms with Gasteiger partial charge in [-0.05, 0) is 31.2 Å². The maximum Gasteiger partial charge on any atom is 0.104 e. The van der Waals surface area contributed by atoms with Crippen molar-refractivity contribution in [1.82, 2.24) is 0 Å². The Morgan fingerprint density at radius 2 is 1.33 bits per heavy atom. The van der Waals surface area contributed by atoms with Crippen LogP contribution in [0.15, 0.2) is 30.8 Å². The van der Waals surface area contributed by atoms with E-state index in [0.717, 1.165) is 0 Å². The normalized spacial score (nSPS) is 11.6. The van der Waals surface area contributed by atoms with Gasteiger partial charge >= 0.3 is 0 Å². The summed E-state index contributed by atoms with van der Waals surface area (Å²) in [7, 11) is 0. The molecule has 0 aliphatic rings. The highest BCUT2D eigenvalue weighted by Crippen LogP contribution is 2.20. The van der Waals surface area contributed by atoms with Crippen molar-refractivity contribution in [2.75, 3.05) is 19.6 Å². The second kappa shape index (κ2) is 12.3. The molecule has 0 radical (unpaired) electrons. The third kappa shape index (κ3) is 7.66. The summed E-state index contributed by atoms with van der Waals surface area (Å²) in [4.78, 5) is 0. The minimum atomic E-state index is 1.19. The molecule has 0 unspecified atom stereocenters. The number of unbranched alkanes of at least 4 members (excludes halogenated alkanes) is 5. The van der Waals surface area contributed by atoms with Crippen LogP contribution in [0.4, 0.5) is 0 Å². The summed E-state index contributed by atoms with van der Waals surface area (Å²) in [5, 5.41) is 0. The van der Waals surface area contributed by atoms with Crippen molar-refractivity contribution in [2.45, 2.75) is 78.7 Å². The van der Waals surface area contributed by atoms with Crippen molar-refractivity contribution < 1.29 is 4.48 Å². The third-order valence-electron chi connectivity index (χ3n) is 5.12. The van der Waals surface area contributed by atoms with E-state index < -0.39 is 0 Å². The molecule has 0 fully saturated rings. The first-order chi connectivity index (χ1) is 11.7. The molecule has 0 aliphatic heterocycles. The van der Waals surface area contributed by atoms with Gasteiger partial charge < -0.3 is 4.48 Å². The maximum absolute atomic E-state index is 3.86. The van der Waals surface area contributed by atoms with Crippen molar-refractivity contribution in [3.05, 3.63) is 42.0 Å². The molecular weight excluding hydrogens is 290 g/mol. The second-order valence-corrected chi connectivity index (χ2v) is 7.38. The molecule has 0 N–H and O–H groups in total. The molecule has 24 heavy (non-hydrogen) atoms. The van der Waals surface area contributed by atoms with Crippen LogP contribution in [-0.2, 0) is 6.54 Å². The van der Waals surface area contributed by atoms with Gasteiger partial charge in [-0.1, -0.05) is 83.4 Å². The smallest absolute Gasteiger partial charge is 0.104 e. The Hall–Kier alpha value is -1.08. The molecule has 0 saturated carbocycles. The molecule has 0 saturated heterocycles. The minimum absolute atomic E-state index is 1.19. The lowest BCUT2D eigenvalue weighted by atomic mass is 10.1. The van der Waals surface area contributed by atoms with Gasteiger partial charge in [0.25, 0.3) is 0 Å². The number of quaternary nitrogens is 1. The van der Waals surface area contributed by atoms with Gasteiger partial charge in [-0.15, -0.1) is 0 Å². The first-order valence-corrected chi connectivity index (χ1v) is 10.3. The number of rotatable bonds is 14. The molecule has 1 aromatic rings. The Morgan fingerprint density at radius 3 is 1.88 bits per heavy atom. The standard InChI is InChI=1S/C23H40N/c1-5-9-10-11-12-13-20-24(18-6-2,19-7-3)21-23-16-14-22(8-4)15-17-23/h8,14-17H,4-7,9-13,18-21H2,1-3H3/q+1. The lowest BCUT2D eigenvalue weighted by Crippen LogP contribution is -2.49. The van der Waals surface area contributed by atoms with Crippen LogP contribution in [0, 0.1) is 0 Å². The summed E-state index contributed by atoms with van der Waals surface area (Å²) in [6.07, 6.45) is 12.9. The molecule has 1 aromatic carbocycles. The molecule has 0 aromatic heterocycles. The van der Waals surface area contributed by atoms with Crippen LogP contribution in [0.5, 0.6) is 0 Å². The van der Waals surface area contributed by atoms with E-state index in [1.807, 2.05) is 6.08 Å². The molecule has 0 bridgehead atoms. The lowest BCUT2D eigenvalue weighted by Gasteiger charge is -2.39. The highest BCUT2D eigenvalue weighted by molar-refractivity contribution is 5.47. The summed E-state index contributed by atoms with van der Waals surface area (Å²) in [5.74, 6) is 0. The van der Waals surface area contributed by atoms with Gasteiger partial charge in [0.05, 0.1) is 19.6 Å². The van der Waals surface area contributed by atoms with Crippen LogP contribution in [0.2, 0.25) is 0 Å². The fourth-order valence-corrected chi connectivity index (χ4v) is 3.90. The van der Waals surface area contributed by atoms with E-state index in [1.165, 1.54) is 93.2 Å². The number of hydrogen-bond donors (Lipinski definition) is 0. The predicted molar refractivity (Wildman–Crippen MR) is 109 cm³/mol. The van der Waals surface area contributed by atoms with Crippen LogP contribution in [0.3, 0.4) is 0 Å². The van der Waals surface area contributed by atoms with Gasteiger partial charge in [0, 0.05) is 5.56 Å². The van der Waals surface area contributed by atoms with E-state index in [2.05, 4.69) is 51.6 Å². The van der Waals surface area contributed by atoms with Crippen LogP contribution in [0.1, 0.15) is 83.3 Å². The fourth-order valence-electron chi connectivity index (χ4n) is 3.90. The van der Waals surface area contributed by atoms with Crippen LogP contribution in [0.25, 0.3) is 6.08 Å². The Morgan fingerprint density at radius 1 is 0.750 bits per heavy atom. The number of benzene rings is 1. The van der Waals surface area contributed by atoms with E-state index in [-0.39, 0.29) is 0 Å². The average molecular weight is 331 g/mol. The Kier molecular flexibility index (Phi) is 10.7. The van der Waals surface area contributed by atoms with E-state index in [0.29, 0.717) is 0 Å². The molecule has 1 nitrogen and oxygen atoms in total. The minimum Gasteiger partial charge on any atom is -0.320 e. The van der Waals surface area contributed by atoms with Crippen molar-refractivity contribution in [3.63, 3.8) is 0 Å². The van der Waals surface area contributed by atoms with Crippen molar-refractivity contribution >= 4 is 6.08 Å². The Labute approximate surface area is 151 Å². The van der Waals surface area contributed by atoms with Crippen molar-refractivity contribution in [3.8, 4) is 0 Å².